The number of rotatable bonds is 3. The molecule has 0 aliphatic carbocycles. The quantitative estimate of drug-likeness (QED) is 0.198. The standard InChI is InChI=1S/C42H26N4S/c1-2-13-27(14-3-1)39-41-40(33-20-7-11-24-37(33)47-41)44-42(43-39)29-16-12-17-30(25-29)45-35-22-9-5-18-31(35)32-19-6-10-23-36(32)46-34-21-8-4-15-28(34)26-38(45)46/h1-26H. The molecule has 1 aliphatic rings. The first-order chi connectivity index (χ1) is 23.3. The van der Waals surface area contributed by atoms with E-state index in [4.69, 9.17) is 9.97 Å². The molecule has 0 spiro atoms. The van der Waals surface area contributed by atoms with Gasteiger partial charge in [-0.1, -0.05) is 115 Å². The highest BCUT2D eigenvalue weighted by Gasteiger charge is 2.28. The lowest BCUT2D eigenvalue weighted by molar-refractivity contribution is 1.09. The summed E-state index contributed by atoms with van der Waals surface area (Å²) in [6.07, 6.45) is 0. The van der Waals surface area contributed by atoms with Gasteiger partial charge in [-0.25, -0.2) is 9.97 Å². The second-order valence-electron chi connectivity index (χ2n) is 11.9. The van der Waals surface area contributed by atoms with Crippen LogP contribution in [0, 0.1) is 0 Å². The largest absolute Gasteiger partial charge is 0.295 e. The molecule has 9 aromatic rings. The molecule has 5 heteroatoms. The van der Waals surface area contributed by atoms with Crippen molar-refractivity contribution in [1.29, 1.82) is 0 Å². The van der Waals surface area contributed by atoms with Gasteiger partial charge in [0.2, 0.25) is 0 Å². The molecular formula is C42H26N4S. The van der Waals surface area contributed by atoms with E-state index in [0.29, 0.717) is 5.82 Å². The summed E-state index contributed by atoms with van der Waals surface area (Å²) < 4.78 is 4.72. The second kappa shape index (κ2) is 10.2. The highest BCUT2D eigenvalue weighted by Crippen LogP contribution is 2.49. The molecule has 220 valence electrons. The van der Waals surface area contributed by atoms with Crippen molar-refractivity contribution in [2.45, 2.75) is 0 Å². The van der Waals surface area contributed by atoms with E-state index < -0.39 is 0 Å². The lowest BCUT2D eigenvalue weighted by Crippen LogP contribution is -2.13. The molecule has 0 radical (unpaired) electrons. The van der Waals surface area contributed by atoms with Gasteiger partial charge >= 0.3 is 0 Å². The minimum Gasteiger partial charge on any atom is -0.295 e. The Morgan fingerprint density at radius 2 is 1.23 bits per heavy atom. The summed E-state index contributed by atoms with van der Waals surface area (Å²) in [5.41, 5.74) is 10.9. The number of fused-ring (bicyclic) bond motifs is 10. The van der Waals surface area contributed by atoms with Crippen LogP contribution >= 0.6 is 11.3 Å². The van der Waals surface area contributed by atoms with E-state index in [1.807, 2.05) is 6.07 Å². The molecule has 1 aliphatic heterocycles. The number of aromatic nitrogens is 3. The lowest BCUT2D eigenvalue weighted by atomic mass is 10.0. The minimum absolute atomic E-state index is 0.716. The van der Waals surface area contributed by atoms with Crippen LogP contribution in [0.25, 0.3) is 70.7 Å². The fourth-order valence-electron chi connectivity index (χ4n) is 7.04. The van der Waals surface area contributed by atoms with Crippen LogP contribution in [0.2, 0.25) is 0 Å². The predicted octanol–water partition coefficient (Wildman–Crippen LogP) is 11.6. The Balaban J connectivity index is 1.23. The maximum Gasteiger partial charge on any atom is 0.160 e. The zero-order valence-electron chi connectivity index (χ0n) is 25.2. The molecule has 0 bridgehead atoms. The van der Waals surface area contributed by atoms with Crippen molar-refractivity contribution in [3.63, 3.8) is 0 Å². The lowest BCUT2D eigenvalue weighted by Gasteiger charge is -2.26. The Hall–Kier alpha value is -6.04. The van der Waals surface area contributed by atoms with Gasteiger partial charge in [-0.2, -0.15) is 0 Å². The molecular weight excluding hydrogens is 593 g/mol. The van der Waals surface area contributed by atoms with E-state index >= 15 is 0 Å². The molecule has 0 fully saturated rings. The summed E-state index contributed by atoms with van der Waals surface area (Å²) in [6.45, 7) is 0. The number of hydrogen-bond acceptors (Lipinski definition) is 4. The number of hydrogen-bond donors (Lipinski definition) is 0. The second-order valence-corrected chi connectivity index (χ2v) is 12.9. The first-order valence-electron chi connectivity index (χ1n) is 15.8. The molecule has 0 amide bonds. The minimum atomic E-state index is 0.716. The van der Waals surface area contributed by atoms with Gasteiger partial charge in [0, 0.05) is 43.4 Å². The molecule has 4 heterocycles. The van der Waals surface area contributed by atoms with Crippen LogP contribution in [-0.2, 0) is 0 Å². The molecule has 0 unspecified atom stereocenters. The van der Waals surface area contributed by atoms with Crippen LogP contribution in [0.5, 0.6) is 0 Å². The van der Waals surface area contributed by atoms with Crippen LogP contribution in [0.3, 0.4) is 0 Å². The molecule has 47 heavy (non-hydrogen) atoms. The third-order valence-corrected chi connectivity index (χ3v) is 10.3. The SMILES string of the molecule is c1ccc(-c2nc(-c3cccc(N4c5ccccc5-c5ccccc5-n5c4cc4ccccc45)c3)nc3c2sc2ccccc23)cc1. The fourth-order valence-corrected chi connectivity index (χ4v) is 8.19. The van der Waals surface area contributed by atoms with E-state index in [9.17, 15) is 0 Å². The first-order valence-corrected chi connectivity index (χ1v) is 16.6. The van der Waals surface area contributed by atoms with Gasteiger partial charge in [-0.05, 0) is 42.5 Å². The number of nitrogens with zero attached hydrogens (tertiary/aromatic N) is 4. The van der Waals surface area contributed by atoms with E-state index in [1.165, 1.54) is 32.4 Å². The van der Waals surface area contributed by atoms with Crippen molar-refractivity contribution in [1.82, 2.24) is 14.5 Å². The highest BCUT2D eigenvalue weighted by molar-refractivity contribution is 7.26. The number of anilines is 3. The number of benzene rings is 6. The Labute approximate surface area is 275 Å². The smallest absolute Gasteiger partial charge is 0.160 e. The van der Waals surface area contributed by atoms with Crippen LogP contribution in [0.4, 0.5) is 17.2 Å². The maximum atomic E-state index is 5.27. The third-order valence-electron chi connectivity index (χ3n) is 9.13. The summed E-state index contributed by atoms with van der Waals surface area (Å²) in [5.74, 6) is 1.81. The Morgan fingerprint density at radius 1 is 0.532 bits per heavy atom. The first kappa shape index (κ1) is 26.2. The van der Waals surface area contributed by atoms with Crippen molar-refractivity contribution in [3.05, 3.63) is 158 Å². The van der Waals surface area contributed by atoms with Crippen molar-refractivity contribution in [3.8, 4) is 39.5 Å². The average molecular weight is 619 g/mol. The summed E-state index contributed by atoms with van der Waals surface area (Å²) >= 11 is 1.76. The maximum absolute atomic E-state index is 5.27. The molecule has 0 saturated carbocycles. The molecule has 6 aromatic carbocycles. The Morgan fingerprint density at radius 3 is 2.13 bits per heavy atom. The van der Waals surface area contributed by atoms with Gasteiger partial charge in [-0.15, -0.1) is 11.3 Å². The van der Waals surface area contributed by atoms with Gasteiger partial charge in [-0.3, -0.25) is 9.47 Å². The van der Waals surface area contributed by atoms with Gasteiger partial charge in [0.25, 0.3) is 0 Å². The summed E-state index contributed by atoms with van der Waals surface area (Å²) in [6, 6.07) is 56.0. The number of para-hydroxylation sites is 3. The zero-order valence-corrected chi connectivity index (χ0v) is 26.0. The third kappa shape index (κ3) is 4.00. The van der Waals surface area contributed by atoms with Crippen molar-refractivity contribution >= 4 is 59.7 Å². The monoisotopic (exact) mass is 618 g/mol. The predicted molar refractivity (Wildman–Crippen MR) is 196 cm³/mol. The molecule has 0 N–H and O–H groups in total. The van der Waals surface area contributed by atoms with Crippen LogP contribution < -0.4 is 4.90 Å². The van der Waals surface area contributed by atoms with Crippen LogP contribution in [0.15, 0.2) is 158 Å². The Kier molecular flexibility index (Phi) is 5.71. The van der Waals surface area contributed by atoms with Gasteiger partial charge < -0.3 is 0 Å². The Bertz CT molecular complexity index is 2650. The highest BCUT2D eigenvalue weighted by atomic mass is 32.1. The molecule has 4 nitrogen and oxygen atoms in total. The van der Waals surface area contributed by atoms with Crippen LogP contribution in [-0.4, -0.2) is 14.5 Å². The van der Waals surface area contributed by atoms with E-state index in [1.54, 1.807) is 11.3 Å². The molecule has 0 saturated heterocycles. The van der Waals surface area contributed by atoms with Crippen molar-refractivity contribution in [2.75, 3.05) is 4.90 Å². The molecule has 10 rings (SSSR count). The summed E-state index contributed by atoms with van der Waals surface area (Å²) in [4.78, 5) is 12.9. The van der Waals surface area contributed by atoms with E-state index in [0.717, 1.165) is 49.6 Å². The average Bonchev–Trinajstić information content (AvgIpc) is 3.67. The van der Waals surface area contributed by atoms with Gasteiger partial charge in [0.05, 0.1) is 32.8 Å². The fraction of sp³-hybridized carbons (Fsp3) is 0. The molecule has 3 aromatic heterocycles. The van der Waals surface area contributed by atoms with E-state index in [-0.39, 0.29) is 0 Å². The van der Waals surface area contributed by atoms with E-state index in [2.05, 4.69) is 161 Å². The van der Waals surface area contributed by atoms with Crippen LogP contribution in [0.1, 0.15) is 0 Å². The summed E-state index contributed by atoms with van der Waals surface area (Å²) in [5, 5.41) is 2.36. The number of thiophene rings is 1. The topological polar surface area (TPSA) is 34.0 Å². The van der Waals surface area contributed by atoms with Crippen molar-refractivity contribution in [2.24, 2.45) is 0 Å². The molecule has 0 atom stereocenters. The van der Waals surface area contributed by atoms with Crippen molar-refractivity contribution < 1.29 is 0 Å². The zero-order chi connectivity index (χ0) is 30.9. The van der Waals surface area contributed by atoms with Gasteiger partial charge in [0.15, 0.2) is 5.82 Å². The summed E-state index contributed by atoms with van der Waals surface area (Å²) in [7, 11) is 0. The normalized spacial score (nSPS) is 12.2. The van der Waals surface area contributed by atoms with Gasteiger partial charge in [0.1, 0.15) is 5.82 Å².